The number of nitrogens with zero attached hydrogens (tertiary/aromatic N) is 1. The molecule has 2 aromatic rings. The van der Waals surface area contributed by atoms with Crippen molar-refractivity contribution in [3.63, 3.8) is 0 Å². The van der Waals surface area contributed by atoms with Crippen LogP contribution in [0.4, 0.5) is 0 Å². The van der Waals surface area contributed by atoms with E-state index < -0.39 is 5.97 Å². The number of rotatable bonds is 2. The van der Waals surface area contributed by atoms with Crippen molar-refractivity contribution in [1.82, 2.24) is 0 Å². The van der Waals surface area contributed by atoms with Gasteiger partial charge in [-0.3, -0.25) is 0 Å². The molecule has 2 heterocycles. The van der Waals surface area contributed by atoms with E-state index in [1.54, 1.807) is 12.1 Å². The Labute approximate surface area is 122 Å². The summed E-state index contributed by atoms with van der Waals surface area (Å²) in [4.78, 5) is 16.2. The number of carbonyl (C=O) groups is 1. The van der Waals surface area contributed by atoms with E-state index in [2.05, 4.69) is 11.1 Å². The molecular weight excluding hydrogens is 266 g/mol. The number of cyclic esters (lactones) is 1. The molecule has 1 aliphatic heterocycles. The van der Waals surface area contributed by atoms with Crippen LogP contribution in [-0.2, 0) is 9.53 Å². The molecule has 0 bridgehead atoms. The molecule has 1 aliphatic rings. The summed E-state index contributed by atoms with van der Waals surface area (Å²) < 4.78 is 10.7. The van der Waals surface area contributed by atoms with Gasteiger partial charge in [-0.25, -0.2) is 9.79 Å². The number of ether oxygens (including phenoxy) is 1. The van der Waals surface area contributed by atoms with E-state index in [0.717, 1.165) is 22.5 Å². The predicted molar refractivity (Wildman–Crippen MR) is 80.0 cm³/mol. The Hall–Kier alpha value is -2.62. The Kier molecular flexibility index (Phi) is 3.22. The van der Waals surface area contributed by atoms with E-state index in [4.69, 9.17) is 9.15 Å². The molecule has 106 valence electrons. The molecule has 0 unspecified atom stereocenters. The molecule has 3 rings (SSSR count). The largest absolute Gasteiger partial charge is 0.462 e. The van der Waals surface area contributed by atoms with Crippen LogP contribution < -0.4 is 0 Å². The lowest BCUT2D eigenvalue weighted by molar-refractivity contribution is -0.129. The SMILES string of the molecule is Cc1cc(C)cc(C2=N/C(=C\c3ccc(C)o3)C(=O)O2)c1. The first-order valence-corrected chi connectivity index (χ1v) is 6.69. The van der Waals surface area contributed by atoms with Crippen LogP contribution in [0.3, 0.4) is 0 Å². The van der Waals surface area contributed by atoms with E-state index in [1.165, 1.54) is 0 Å². The third kappa shape index (κ3) is 2.79. The average molecular weight is 281 g/mol. The first kappa shape index (κ1) is 13.4. The molecule has 0 aliphatic carbocycles. The minimum Gasteiger partial charge on any atom is -0.462 e. The van der Waals surface area contributed by atoms with E-state index in [9.17, 15) is 4.79 Å². The van der Waals surface area contributed by atoms with Gasteiger partial charge in [0.05, 0.1) is 0 Å². The molecule has 1 aromatic carbocycles. The lowest BCUT2D eigenvalue weighted by Crippen LogP contribution is -2.05. The van der Waals surface area contributed by atoms with Gasteiger partial charge in [-0.2, -0.15) is 0 Å². The Bertz CT molecular complexity index is 761. The van der Waals surface area contributed by atoms with Gasteiger partial charge in [0.15, 0.2) is 5.70 Å². The quantitative estimate of drug-likeness (QED) is 0.625. The van der Waals surface area contributed by atoms with Crippen molar-refractivity contribution in [2.45, 2.75) is 20.8 Å². The molecule has 0 saturated heterocycles. The summed E-state index contributed by atoms with van der Waals surface area (Å²) in [5.41, 5.74) is 3.25. The zero-order valence-corrected chi connectivity index (χ0v) is 12.1. The summed E-state index contributed by atoms with van der Waals surface area (Å²) in [6.07, 6.45) is 1.59. The number of hydrogen-bond donors (Lipinski definition) is 0. The van der Waals surface area contributed by atoms with Crippen molar-refractivity contribution in [2.24, 2.45) is 4.99 Å². The molecule has 0 spiro atoms. The van der Waals surface area contributed by atoms with Crippen LogP contribution in [0.25, 0.3) is 6.08 Å². The fourth-order valence-corrected chi connectivity index (χ4v) is 2.30. The van der Waals surface area contributed by atoms with E-state index in [-0.39, 0.29) is 5.70 Å². The second-order valence-corrected chi connectivity index (χ2v) is 5.16. The van der Waals surface area contributed by atoms with Gasteiger partial charge < -0.3 is 9.15 Å². The molecular formula is C17H15NO3. The van der Waals surface area contributed by atoms with Crippen molar-refractivity contribution in [1.29, 1.82) is 0 Å². The summed E-state index contributed by atoms with van der Waals surface area (Å²) in [7, 11) is 0. The van der Waals surface area contributed by atoms with Crippen LogP contribution in [0.2, 0.25) is 0 Å². The Balaban J connectivity index is 1.97. The highest BCUT2D eigenvalue weighted by Gasteiger charge is 2.24. The molecule has 0 saturated carbocycles. The summed E-state index contributed by atoms with van der Waals surface area (Å²) in [5.74, 6) is 1.25. The fourth-order valence-electron chi connectivity index (χ4n) is 2.30. The number of esters is 1. The lowest BCUT2D eigenvalue weighted by Gasteiger charge is -2.03. The van der Waals surface area contributed by atoms with Crippen LogP contribution in [0.5, 0.6) is 0 Å². The van der Waals surface area contributed by atoms with Crippen molar-refractivity contribution in [3.8, 4) is 0 Å². The van der Waals surface area contributed by atoms with Crippen molar-refractivity contribution < 1.29 is 13.9 Å². The number of aryl methyl sites for hydroxylation is 3. The fraction of sp³-hybridized carbons (Fsp3) is 0.176. The predicted octanol–water partition coefficient (Wildman–Crippen LogP) is 3.55. The zero-order chi connectivity index (χ0) is 15.0. The number of carbonyl (C=O) groups excluding carboxylic acids is 1. The van der Waals surface area contributed by atoms with Gasteiger partial charge in [-0.05, 0) is 45.0 Å². The normalized spacial score (nSPS) is 16.2. The van der Waals surface area contributed by atoms with Crippen LogP contribution in [-0.4, -0.2) is 11.9 Å². The third-order valence-electron chi connectivity index (χ3n) is 3.13. The highest BCUT2D eigenvalue weighted by Crippen LogP contribution is 2.21. The van der Waals surface area contributed by atoms with Crippen molar-refractivity contribution >= 4 is 17.9 Å². The number of benzene rings is 1. The number of aliphatic imine (C=N–C) groups is 1. The standard InChI is InChI=1S/C17H15NO3/c1-10-6-11(2)8-13(7-10)16-18-15(17(19)21-16)9-14-5-4-12(3)20-14/h4-9H,1-3H3/b15-9-. The molecule has 0 radical (unpaired) electrons. The maximum atomic E-state index is 11.9. The first-order valence-electron chi connectivity index (χ1n) is 6.69. The van der Waals surface area contributed by atoms with Gasteiger partial charge >= 0.3 is 5.97 Å². The molecule has 0 amide bonds. The lowest BCUT2D eigenvalue weighted by atomic mass is 10.1. The third-order valence-corrected chi connectivity index (χ3v) is 3.13. The number of hydrogen-bond acceptors (Lipinski definition) is 4. The van der Waals surface area contributed by atoms with Gasteiger partial charge in [-0.1, -0.05) is 17.2 Å². The Morgan fingerprint density at radius 3 is 2.38 bits per heavy atom. The van der Waals surface area contributed by atoms with Crippen LogP contribution in [0.1, 0.15) is 28.2 Å². The van der Waals surface area contributed by atoms with Crippen molar-refractivity contribution in [3.05, 3.63) is 64.2 Å². The molecule has 4 nitrogen and oxygen atoms in total. The summed E-state index contributed by atoms with van der Waals surface area (Å²) in [6.45, 7) is 5.84. The molecule has 4 heteroatoms. The van der Waals surface area contributed by atoms with E-state index in [0.29, 0.717) is 11.7 Å². The second-order valence-electron chi connectivity index (χ2n) is 5.16. The zero-order valence-electron chi connectivity index (χ0n) is 12.1. The number of furan rings is 1. The highest BCUT2D eigenvalue weighted by atomic mass is 16.6. The van der Waals surface area contributed by atoms with Gasteiger partial charge in [0.1, 0.15) is 11.5 Å². The average Bonchev–Trinajstić information content (AvgIpc) is 2.96. The second kappa shape index (κ2) is 5.05. The van der Waals surface area contributed by atoms with Crippen LogP contribution in [0.15, 0.2) is 45.4 Å². The summed E-state index contributed by atoms with van der Waals surface area (Å²) >= 11 is 0. The van der Waals surface area contributed by atoms with Gasteiger partial charge in [0, 0.05) is 11.6 Å². The molecule has 21 heavy (non-hydrogen) atoms. The molecule has 0 atom stereocenters. The smallest absolute Gasteiger partial charge is 0.363 e. The Morgan fingerprint density at radius 2 is 1.76 bits per heavy atom. The molecule has 1 aromatic heterocycles. The minimum atomic E-state index is -0.460. The molecule has 0 fully saturated rings. The van der Waals surface area contributed by atoms with Gasteiger partial charge in [-0.15, -0.1) is 0 Å². The van der Waals surface area contributed by atoms with Crippen molar-refractivity contribution in [2.75, 3.05) is 0 Å². The highest BCUT2D eigenvalue weighted by molar-refractivity contribution is 6.12. The van der Waals surface area contributed by atoms with E-state index in [1.807, 2.05) is 39.0 Å². The van der Waals surface area contributed by atoms with Crippen LogP contribution >= 0.6 is 0 Å². The molecule has 0 N–H and O–H groups in total. The summed E-state index contributed by atoms with van der Waals surface area (Å²) in [6, 6.07) is 9.57. The topological polar surface area (TPSA) is 51.8 Å². The van der Waals surface area contributed by atoms with Crippen LogP contribution in [0, 0.1) is 20.8 Å². The van der Waals surface area contributed by atoms with Gasteiger partial charge in [0.2, 0.25) is 5.90 Å². The maximum Gasteiger partial charge on any atom is 0.363 e. The first-order chi connectivity index (χ1) is 10.0. The summed E-state index contributed by atoms with van der Waals surface area (Å²) in [5, 5.41) is 0. The van der Waals surface area contributed by atoms with E-state index >= 15 is 0 Å². The van der Waals surface area contributed by atoms with Gasteiger partial charge in [0.25, 0.3) is 0 Å². The maximum absolute atomic E-state index is 11.9. The minimum absolute atomic E-state index is 0.249. The Morgan fingerprint density at radius 1 is 1.05 bits per heavy atom. The monoisotopic (exact) mass is 281 g/mol.